The zero-order valence-electron chi connectivity index (χ0n) is 10.7. The number of nitrogens with zero attached hydrogens (tertiary/aromatic N) is 1. The minimum absolute atomic E-state index is 0.0258. The zero-order chi connectivity index (χ0) is 14.7. The third kappa shape index (κ3) is 3.05. The third-order valence-electron chi connectivity index (χ3n) is 2.98. The van der Waals surface area contributed by atoms with Crippen LogP contribution in [0.4, 0.5) is 15.8 Å². The number of halogens is 2. The predicted octanol–water partition coefficient (Wildman–Crippen LogP) is 4.31. The van der Waals surface area contributed by atoms with E-state index in [4.69, 9.17) is 11.6 Å². The number of non-ortho nitro benzene ring substituents is 1. The van der Waals surface area contributed by atoms with Gasteiger partial charge in [0.2, 0.25) is 0 Å². The molecule has 0 unspecified atom stereocenters. The highest BCUT2D eigenvalue weighted by atomic mass is 35.5. The molecule has 0 aliphatic carbocycles. The van der Waals surface area contributed by atoms with Crippen molar-refractivity contribution in [2.75, 3.05) is 5.32 Å². The van der Waals surface area contributed by atoms with Crippen LogP contribution in [0.1, 0.15) is 11.1 Å². The molecule has 0 heterocycles. The first-order valence-electron chi connectivity index (χ1n) is 5.91. The second-order valence-electron chi connectivity index (χ2n) is 4.30. The summed E-state index contributed by atoms with van der Waals surface area (Å²) in [6.45, 7) is 1.94. The SMILES string of the molecule is Cc1c(F)cccc1NCc1cc([N+](=O)[O-])ccc1Cl. The van der Waals surface area contributed by atoms with Gasteiger partial charge in [0.15, 0.2) is 0 Å². The van der Waals surface area contributed by atoms with Gasteiger partial charge in [-0.1, -0.05) is 17.7 Å². The van der Waals surface area contributed by atoms with E-state index >= 15 is 0 Å². The minimum atomic E-state index is -0.479. The van der Waals surface area contributed by atoms with Crippen molar-refractivity contribution < 1.29 is 9.31 Å². The minimum Gasteiger partial charge on any atom is -0.381 e. The van der Waals surface area contributed by atoms with Crippen molar-refractivity contribution in [3.05, 3.63) is 68.5 Å². The van der Waals surface area contributed by atoms with E-state index in [0.717, 1.165) is 0 Å². The standard InChI is InChI=1S/C14H12ClFN2O2/c1-9-13(16)3-2-4-14(9)17-8-10-7-11(18(19)20)5-6-12(10)15/h2-7,17H,8H2,1H3. The Morgan fingerprint density at radius 3 is 2.80 bits per heavy atom. The molecule has 2 aromatic rings. The van der Waals surface area contributed by atoms with Crippen LogP contribution in [0.2, 0.25) is 5.02 Å². The summed E-state index contributed by atoms with van der Waals surface area (Å²) in [6.07, 6.45) is 0. The van der Waals surface area contributed by atoms with Crippen LogP contribution < -0.4 is 5.32 Å². The van der Waals surface area contributed by atoms with Crippen molar-refractivity contribution in [1.82, 2.24) is 0 Å². The molecule has 104 valence electrons. The summed E-state index contributed by atoms with van der Waals surface area (Å²) in [5.41, 5.74) is 1.69. The fraction of sp³-hybridized carbons (Fsp3) is 0.143. The number of hydrogen-bond donors (Lipinski definition) is 1. The third-order valence-corrected chi connectivity index (χ3v) is 3.35. The van der Waals surface area contributed by atoms with E-state index in [-0.39, 0.29) is 18.0 Å². The summed E-state index contributed by atoms with van der Waals surface area (Å²) in [6, 6.07) is 8.95. The van der Waals surface area contributed by atoms with Gasteiger partial charge in [-0.3, -0.25) is 10.1 Å². The first-order valence-corrected chi connectivity index (χ1v) is 6.28. The van der Waals surface area contributed by atoms with Crippen molar-refractivity contribution in [1.29, 1.82) is 0 Å². The second-order valence-corrected chi connectivity index (χ2v) is 4.71. The molecule has 20 heavy (non-hydrogen) atoms. The number of benzene rings is 2. The Morgan fingerprint density at radius 1 is 1.35 bits per heavy atom. The summed E-state index contributed by atoms with van der Waals surface area (Å²) in [5.74, 6) is -0.305. The van der Waals surface area contributed by atoms with Gasteiger partial charge in [0, 0.05) is 35.0 Å². The van der Waals surface area contributed by atoms with E-state index in [0.29, 0.717) is 21.8 Å². The highest BCUT2D eigenvalue weighted by Crippen LogP contribution is 2.24. The van der Waals surface area contributed by atoms with Crippen LogP contribution in [0.25, 0.3) is 0 Å². The van der Waals surface area contributed by atoms with E-state index in [1.54, 1.807) is 19.1 Å². The normalized spacial score (nSPS) is 10.3. The lowest BCUT2D eigenvalue weighted by Crippen LogP contribution is -2.03. The predicted molar refractivity (Wildman–Crippen MR) is 76.6 cm³/mol. The Kier molecular flexibility index (Phi) is 4.20. The average Bonchev–Trinajstić information content (AvgIpc) is 2.41. The molecule has 0 saturated heterocycles. The van der Waals surface area contributed by atoms with E-state index in [1.807, 2.05) is 0 Å². The largest absolute Gasteiger partial charge is 0.381 e. The molecule has 2 aromatic carbocycles. The Morgan fingerprint density at radius 2 is 2.10 bits per heavy atom. The molecule has 0 bridgehead atoms. The Labute approximate surface area is 120 Å². The van der Waals surface area contributed by atoms with Gasteiger partial charge in [-0.15, -0.1) is 0 Å². The molecule has 0 atom stereocenters. The van der Waals surface area contributed by atoms with Crippen LogP contribution >= 0.6 is 11.6 Å². The van der Waals surface area contributed by atoms with Crippen LogP contribution in [-0.4, -0.2) is 4.92 Å². The fourth-order valence-corrected chi connectivity index (χ4v) is 1.98. The maximum atomic E-state index is 13.4. The first kappa shape index (κ1) is 14.3. The van der Waals surface area contributed by atoms with E-state index in [2.05, 4.69) is 5.32 Å². The number of nitrogens with one attached hydrogen (secondary N) is 1. The van der Waals surface area contributed by atoms with Crippen LogP contribution in [0.3, 0.4) is 0 Å². The smallest absolute Gasteiger partial charge is 0.269 e. The Bertz CT molecular complexity index is 662. The Balaban J connectivity index is 2.20. The molecule has 6 heteroatoms. The van der Waals surface area contributed by atoms with Crippen LogP contribution in [-0.2, 0) is 6.54 Å². The monoisotopic (exact) mass is 294 g/mol. The fourth-order valence-electron chi connectivity index (χ4n) is 1.80. The first-order chi connectivity index (χ1) is 9.49. The molecule has 2 rings (SSSR count). The molecule has 0 aromatic heterocycles. The quantitative estimate of drug-likeness (QED) is 0.675. The van der Waals surface area contributed by atoms with Gasteiger partial charge in [-0.25, -0.2) is 4.39 Å². The topological polar surface area (TPSA) is 55.2 Å². The van der Waals surface area contributed by atoms with Crippen molar-refractivity contribution in [2.45, 2.75) is 13.5 Å². The van der Waals surface area contributed by atoms with Crippen molar-refractivity contribution >= 4 is 23.0 Å². The van der Waals surface area contributed by atoms with Gasteiger partial charge in [-0.05, 0) is 30.7 Å². The average molecular weight is 295 g/mol. The highest BCUT2D eigenvalue weighted by molar-refractivity contribution is 6.31. The van der Waals surface area contributed by atoms with Crippen molar-refractivity contribution in [3.8, 4) is 0 Å². The lowest BCUT2D eigenvalue weighted by Gasteiger charge is -2.11. The van der Waals surface area contributed by atoms with Gasteiger partial charge >= 0.3 is 0 Å². The summed E-state index contributed by atoms with van der Waals surface area (Å²) in [4.78, 5) is 10.3. The van der Waals surface area contributed by atoms with E-state index < -0.39 is 4.92 Å². The summed E-state index contributed by atoms with van der Waals surface area (Å²) >= 11 is 6.00. The Hall–Kier alpha value is -2.14. The van der Waals surface area contributed by atoms with E-state index in [9.17, 15) is 14.5 Å². The molecule has 0 radical (unpaired) electrons. The lowest BCUT2D eigenvalue weighted by molar-refractivity contribution is -0.384. The molecule has 4 nitrogen and oxygen atoms in total. The van der Waals surface area contributed by atoms with E-state index in [1.165, 1.54) is 24.3 Å². The number of anilines is 1. The molecular formula is C14H12ClFN2O2. The lowest BCUT2D eigenvalue weighted by atomic mass is 10.1. The van der Waals surface area contributed by atoms with Crippen molar-refractivity contribution in [2.24, 2.45) is 0 Å². The highest BCUT2D eigenvalue weighted by Gasteiger charge is 2.10. The molecule has 0 aliphatic rings. The molecule has 0 amide bonds. The van der Waals surface area contributed by atoms with Gasteiger partial charge in [-0.2, -0.15) is 0 Å². The second kappa shape index (κ2) is 5.88. The van der Waals surface area contributed by atoms with Gasteiger partial charge < -0.3 is 5.32 Å². The van der Waals surface area contributed by atoms with Gasteiger partial charge in [0.25, 0.3) is 5.69 Å². The van der Waals surface area contributed by atoms with Crippen LogP contribution in [0.15, 0.2) is 36.4 Å². The number of nitro groups is 1. The van der Waals surface area contributed by atoms with Crippen LogP contribution in [0, 0.1) is 22.9 Å². The summed E-state index contributed by atoms with van der Waals surface area (Å²) < 4.78 is 13.4. The van der Waals surface area contributed by atoms with Gasteiger partial charge in [0.1, 0.15) is 5.82 Å². The van der Waals surface area contributed by atoms with Gasteiger partial charge in [0.05, 0.1) is 4.92 Å². The molecule has 0 saturated carbocycles. The maximum Gasteiger partial charge on any atom is 0.269 e. The van der Waals surface area contributed by atoms with Crippen molar-refractivity contribution in [3.63, 3.8) is 0 Å². The molecular weight excluding hydrogens is 283 g/mol. The summed E-state index contributed by atoms with van der Waals surface area (Å²) in [5, 5.41) is 14.2. The molecule has 0 fully saturated rings. The molecule has 0 aliphatic heterocycles. The molecule has 1 N–H and O–H groups in total. The number of nitro benzene ring substituents is 1. The maximum absolute atomic E-state index is 13.4. The number of hydrogen-bond acceptors (Lipinski definition) is 3. The number of rotatable bonds is 4. The zero-order valence-corrected chi connectivity index (χ0v) is 11.4. The summed E-state index contributed by atoms with van der Waals surface area (Å²) in [7, 11) is 0. The van der Waals surface area contributed by atoms with Crippen LogP contribution in [0.5, 0.6) is 0 Å². The molecule has 0 spiro atoms.